The van der Waals surface area contributed by atoms with Crippen LogP contribution in [-0.4, -0.2) is 31.1 Å². The second-order valence-electron chi connectivity index (χ2n) is 6.47. The molecule has 1 N–H and O–H groups in total. The topological polar surface area (TPSA) is 15.3 Å². The van der Waals surface area contributed by atoms with E-state index in [4.69, 9.17) is 11.6 Å². The summed E-state index contributed by atoms with van der Waals surface area (Å²) in [7, 11) is 2.18. The summed E-state index contributed by atoms with van der Waals surface area (Å²) >= 11 is 6.04. The van der Waals surface area contributed by atoms with Crippen LogP contribution in [0.4, 0.5) is 0 Å². The van der Waals surface area contributed by atoms with Crippen molar-refractivity contribution in [3.8, 4) is 0 Å². The van der Waals surface area contributed by atoms with Crippen molar-refractivity contribution in [3.63, 3.8) is 0 Å². The molecule has 1 aromatic carbocycles. The number of hydrogen-bond acceptors (Lipinski definition) is 2. The minimum Gasteiger partial charge on any atom is -0.314 e. The molecular weight excluding hydrogens is 268 g/mol. The van der Waals surface area contributed by atoms with Crippen molar-refractivity contribution in [3.05, 3.63) is 34.9 Å². The molecule has 2 nitrogen and oxygen atoms in total. The molecule has 0 radical (unpaired) electrons. The Morgan fingerprint density at radius 1 is 1.35 bits per heavy atom. The Morgan fingerprint density at radius 2 is 2.05 bits per heavy atom. The van der Waals surface area contributed by atoms with Crippen LogP contribution in [0.3, 0.4) is 0 Å². The highest BCUT2D eigenvalue weighted by Crippen LogP contribution is 2.23. The summed E-state index contributed by atoms with van der Waals surface area (Å²) in [6.07, 6.45) is 1.18. The molecule has 0 aliphatic heterocycles. The van der Waals surface area contributed by atoms with Crippen molar-refractivity contribution in [2.75, 3.05) is 20.1 Å². The molecule has 1 aromatic rings. The van der Waals surface area contributed by atoms with E-state index in [1.165, 1.54) is 12.0 Å². The average Bonchev–Trinajstić information content (AvgIpc) is 2.34. The second-order valence-corrected chi connectivity index (χ2v) is 6.90. The van der Waals surface area contributed by atoms with Crippen LogP contribution in [0.1, 0.15) is 39.7 Å². The highest BCUT2D eigenvalue weighted by Gasteiger charge is 2.26. The van der Waals surface area contributed by atoms with E-state index in [-0.39, 0.29) is 5.41 Å². The van der Waals surface area contributed by atoms with Gasteiger partial charge in [-0.25, -0.2) is 0 Å². The lowest BCUT2D eigenvalue weighted by atomic mass is 9.84. The molecule has 114 valence electrons. The molecule has 0 bridgehead atoms. The number of halogens is 1. The first-order valence-electron chi connectivity index (χ1n) is 7.51. The van der Waals surface area contributed by atoms with E-state index in [2.05, 4.69) is 51.0 Å². The lowest BCUT2D eigenvalue weighted by Gasteiger charge is -2.36. The smallest absolute Gasteiger partial charge is 0.0409 e. The summed E-state index contributed by atoms with van der Waals surface area (Å²) in [6, 6.07) is 8.62. The van der Waals surface area contributed by atoms with Crippen molar-refractivity contribution in [2.45, 2.75) is 46.7 Å². The third-order valence-electron chi connectivity index (χ3n) is 3.89. The van der Waals surface area contributed by atoms with Crippen molar-refractivity contribution < 1.29 is 0 Å². The van der Waals surface area contributed by atoms with Crippen LogP contribution in [0, 0.1) is 5.41 Å². The molecule has 1 unspecified atom stereocenters. The molecule has 0 saturated heterocycles. The molecule has 0 heterocycles. The maximum absolute atomic E-state index is 6.04. The van der Waals surface area contributed by atoms with Crippen LogP contribution in [0.5, 0.6) is 0 Å². The highest BCUT2D eigenvalue weighted by molar-refractivity contribution is 6.30. The van der Waals surface area contributed by atoms with Crippen molar-refractivity contribution in [2.24, 2.45) is 5.41 Å². The van der Waals surface area contributed by atoms with E-state index >= 15 is 0 Å². The van der Waals surface area contributed by atoms with Crippen LogP contribution in [0.2, 0.25) is 5.02 Å². The predicted molar refractivity (Wildman–Crippen MR) is 89.3 cm³/mol. The SMILES string of the molecule is CCCNC(C)C(C)(C)CN(C)Cc1cccc(Cl)c1. The highest BCUT2D eigenvalue weighted by atomic mass is 35.5. The lowest BCUT2D eigenvalue weighted by molar-refractivity contribution is 0.160. The zero-order chi connectivity index (χ0) is 15.2. The quantitative estimate of drug-likeness (QED) is 0.774. The summed E-state index contributed by atoms with van der Waals surface area (Å²) in [5, 5.41) is 4.42. The van der Waals surface area contributed by atoms with E-state index in [0.29, 0.717) is 6.04 Å². The van der Waals surface area contributed by atoms with E-state index in [1.54, 1.807) is 0 Å². The van der Waals surface area contributed by atoms with E-state index in [9.17, 15) is 0 Å². The molecule has 0 fully saturated rings. The molecule has 1 rings (SSSR count). The van der Waals surface area contributed by atoms with Crippen molar-refractivity contribution in [1.29, 1.82) is 0 Å². The van der Waals surface area contributed by atoms with Gasteiger partial charge in [-0.15, -0.1) is 0 Å². The van der Waals surface area contributed by atoms with Gasteiger partial charge in [-0.2, -0.15) is 0 Å². The summed E-state index contributed by atoms with van der Waals surface area (Å²) < 4.78 is 0. The number of nitrogens with one attached hydrogen (secondary N) is 1. The van der Waals surface area contributed by atoms with Gasteiger partial charge in [0.1, 0.15) is 0 Å². The van der Waals surface area contributed by atoms with Crippen LogP contribution in [0.25, 0.3) is 0 Å². The van der Waals surface area contributed by atoms with Gasteiger partial charge in [0.05, 0.1) is 0 Å². The fraction of sp³-hybridized carbons (Fsp3) is 0.647. The molecule has 1 atom stereocenters. The number of nitrogens with zero attached hydrogens (tertiary/aromatic N) is 1. The number of hydrogen-bond donors (Lipinski definition) is 1. The molecule has 0 aliphatic rings. The molecule has 0 amide bonds. The fourth-order valence-corrected chi connectivity index (χ4v) is 2.69. The Morgan fingerprint density at radius 3 is 2.65 bits per heavy atom. The maximum Gasteiger partial charge on any atom is 0.0409 e. The first-order chi connectivity index (χ1) is 9.35. The molecular formula is C17H29ClN2. The summed E-state index contributed by atoms with van der Waals surface area (Å²) in [5.74, 6) is 0. The molecule has 0 spiro atoms. The van der Waals surface area contributed by atoms with Crippen LogP contribution in [0.15, 0.2) is 24.3 Å². The van der Waals surface area contributed by atoms with Gasteiger partial charge < -0.3 is 10.2 Å². The van der Waals surface area contributed by atoms with Gasteiger partial charge in [-0.05, 0) is 50.0 Å². The van der Waals surface area contributed by atoms with Crippen molar-refractivity contribution >= 4 is 11.6 Å². The summed E-state index contributed by atoms with van der Waals surface area (Å²) in [5.41, 5.74) is 1.51. The van der Waals surface area contributed by atoms with Gasteiger partial charge in [0.25, 0.3) is 0 Å². The Labute approximate surface area is 129 Å². The standard InChI is InChI=1S/C17H29ClN2/c1-6-10-19-14(2)17(3,4)13-20(5)12-15-8-7-9-16(18)11-15/h7-9,11,14,19H,6,10,12-13H2,1-5H3. The fourth-order valence-electron chi connectivity index (χ4n) is 2.47. The second kappa shape index (κ2) is 8.02. The zero-order valence-corrected chi connectivity index (χ0v) is 14.3. The van der Waals surface area contributed by atoms with Gasteiger partial charge >= 0.3 is 0 Å². The summed E-state index contributed by atoms with van der Waals surface area (Å²) in [4.78, 5) is 2.37. The Balaban J connectivity index is 2.53. The minimum atomic E-state index is 0.239. The largest absolute Gasteiger partial charge is 0.314 e. The average molecular weight is 297 g/mol. The normalized spacial score (nSPS) is 13.8. The first-order valence-corrected chi connectivity index (χ1v) is 7.89. The monoisotopic (exact) mass is 296 g/mol. The van der Waals surface area contributed by atoms with Gasteiger partial charge in [0.2, 0.25) is 0 Å². The van der Waals surface area contributed by atoms with Gasteiger partial charge in [0, 0.05) is 24.2 Å². The van der Waals surface area contributed by atoms with E-state index in [0.717, 1.165) is 24.7 Å². The molecule has 0 saturated carbocycles. The molecule has 0 aliphatic carbocycles. The Kier molecular flexibility index (Phi) is 7.01. The first kappa shape index (κ1) is 17.5. The lowest BCUT2D eigenvalue weighted by Crippen LogP contribution is -2.46. The van der Waals surface area contributed by atoms with E-state index < -0.39 is 0 Å². The third-order valence-corrected chi connectivity index (χ3v) is 4.13. The Bertz CT molecular complexity index is 404. The number of benzene rings is 1. The van der Waals surface area contributed by atoms with Gasteiger partial charge in [0.15, 0.2) is 0 Å². The maximum atomic E-state index is 6.04. The Hall–Kier alpha value is -0.570. The van der Waals surface area contributed by atoms with Gasteiger partial charge in [-0.3, -0.25) is 0 Å². The van der Waals surface area contributed by atoms with Crippen LogP contribution >= 0.6 is 11.6 Å². The predicted octanol–water partition coefficient (Wildman–Crippen LogP) is 4.19. The van der Waals surface area contributed by atoms with Crippen LogP contribution < -0.4 is 5.32 Å². The van der Waals surface area contributed by atoms with Crippen LogP contribution in [-0.2, 0) is 6.54 Å². The van der Waals surface area contributed by atoms with Crippen molar-refractivity contribution in [1.82, 2.24) is 10.2 Å². The molecule has 3 heteroatoms. The van der Waals surface area contributed by atoms with Gasteiger partial charge in [-0.1, -0.05) is 44.5 Å². The number of rotatable bonds is 8. The third kappa shape index (κ3) is 5.82. The molecule has 20 heavy (non-hydrogen) atoms. The molecule has 0 aromatic heterocycles. The minimum absolute atomic E-state index is 0.239. The van der Waals surface area contributed by atoms with E-state index in [1.807, 2.05) is 18.2 Å². The summed E-state index contributed by atoms with van der Waals surface area (Å²) in [6.45, 7) is 12.2. The zero-order valence-electron chi connectivity index (χ0n) is 13.5.